The molecular formula is C20H31IN6O2. The Hall–Kier alpha value is -2.30. The topological polar surface area (TPSA) is 92.6 Å². The van der Waals surface area contributed by atoms with Crippen LogP contribution in [0.5, 0.6) is 0 Å². The monoisotopic (exact) mass is 514 g/mol. The molecule has 1 heterocycles. The molecular weight excluding hydrogens is 483 g/mol. The van der Waals surface area contributed by atoms with E-state index in [-0.39, 0.29) is 24.0 Å². The van der Waals surface area contributed by atoms with Gasteiger partial charge in [0.2, 0.25) is 0 Å². The van der Waals surface area contributed by atoms with Gasteiger partial charge in [-0.2, -0.15) is 5.10 Å². The largest absolute Gasteiger partial charge is 0.444 e. The number of amides is 1. The molecule has 3 N–H and O–H groups in total. The molecule has 0 radical (unpaired) electrons. The predicted molar refractivity (Wildman–Crippen MR) is 126 cm³/mol. The lowest BCUT2D eigenvalue weighted by Crippen LogP contribution is -2.42. The molecule has 0 saturated heterocycles. The van der Waals surface area contributed by atoms with Gasteiger partial charge in [-0.1, -0.05) is 12.1 Å². The molecule has 0 unspecified atom stereocenters. The predicted octanol–water partition coefficient (Wildman–Crippen LogP) is 3.07. The van der Waals surface area contributed by atoms with Gasteiger partial charge < -0.3 is 20.7 Å². The van der Waals surface area contributed by atoms with Gasteiger partial charge in [-0.05, 0) is 51.5 Å². The van der Waals surface area contributed by atoms with Crippen molar-refractivity contribution in [2.24, 2.45) is 4.99 Å². The minimum Gasteiger partial charge on any atom is -0.444 e. The average Bonchev–Trinajstić information content (AvgIpc) is 3.16. The molecule has 1 aromatic carbocycles. The van der Waals surface area contributed by atoms with Crippen molar-refractivity contribution in [3.05, 3.63) is 48.3 Å². The van der Waals surface area contributed by atoms with Crippen LogP contribution < -0.4 is 16.0 Å². The number of halogens is 1. The molecule has 0 aliphatic carbocycles. The molecule has 2 aromatic rings. The standard InChI is InChI=1S/C20H30N6O2.HI/c1-5-21-18(22-11-12-23-19(27)28-20(2,3)4)24-15-16-8-6-9-17(14-16)26-13-7-10-25-26;/h6-10,13-14H,5,11-12,15H2,1-4H3,(H,23,27)(H2,21,22,24);1H. The van der Waals surface area contributed by atoms with E-state index < -0.39 is 11.7 Å². The van der Waals surface area contributed by atoms with Crippen LogP contribution in [0.25, 0.3) is 5.69 Å². The maximum Gasteiger partial charge on any atom is 0.407 e. The van der Waals surface area contributed by atoms with Crippen molar-refractivity contribution in [3.63, 3.8) is 0 Å². The number of aromatic nitrogens is 2. The zero-order valence-electron chi connectivity index (χ0n) is 17.4. The lowest BCUT2D eigenvalue weighted by atomic mass is 10.2. The van der Waals surface area contributed by atoms with Crippen LogP contribution in [-0.2, 0) is 11.3 Å². The fourth-order valence-corrected chi connectivity index (χ4v) is 2.39. The lowest BCUT2D eigenvalue weighted by Gasteiger charge is -2.19. The first-order valence-electron chi connectivity index (χ1n) is 9.45. The maximum absolute atomic E-state index is 11.7. The smallest absolute Gasteiger partial charge is 0.407 e. The zero-order valence-corrected chi connectivity index (χ0v) is 19.8. The van der Waals surface area contributed by atoms with Crippen LogP contribution in [0.4, 0.5) is 4.79 Å². The highest BCUT2D eigenvalue weighted by molar-refractivity contribution is 14.0. The van der Waals surface area contributed by atoms with E-state index >= 15 is 0 Å². The molecule has 29 heavy (non-hydrogen) atoms. The van der Waals surface area contributed by atoms with Gasteiger partial charge in [0.25, 0.3) is 0 Å². The lowest BCUT2D eigenvalue weighted by molar-refractivity contribution is 0.0529. The van der Waals surface area contributed by atoms with Gasteiger partial charge in [0, 0.05) is 32.0 Å². The summed E-state index contributed by atoms with van der Waals surface area (Å²) in [6.07, 6.45) is 3.24. The summed E-state index contributed by atoms with van der Waals surface area (Å²) in [5.41, 5.74) is 1.58. The van der Waals surface area contributed by atoms with Crippen molar-refractivity contribution < 1.29 is 9.53 Å². The van der Waals surface area contributed by atoms with Crippen LogP contribution >= 0.6 is 24.0 Å². The molecule has 0 saturated carbocycles. The second-order valence-electron chi connectivity index (χ2n) is 7.17. The quantitative estimate of drug-likeness (QED) is 0.229. The number of nitrogens with one attached hydrogen (secondary N) is 3. The Morgan fingerprint density at radius 1 is 1.17 bits per heavy atom. The molecule has 1 amide bonds. The number of benzene rings is 1. The first-order chi connectivity index (χ1) is 13.4. The Labute approximate surface area is 189 Å². The van der Waals surface area contributed by atoms with Crippen LogP contribution in [0.2, 0.25) is 0 Å². The molecule has 0 fully saturated rings. The molecule has 0 aliphatic rings. The molecule has 0 bridgehead atoms. The number of carbonyl (C=O) groups excluding carboxylic acids is 1. The fraction of sp³-hybridized carbons (Fsp3) is 0.450. The average molecular weight is 514 g/mol. The maximum atomic E-state index is 11.7. The van der Waals surface area contributed by atoms with Gasteiger partial charge in [-0.25, -0.2) is 14.5 Å². The first kappa shape index (κ1) is 24.7. The van der Waals surface area contributed by atoms with E-state index in [4.69, 9.17) is 4.74 Å². The fourth-order valence-electron chi connectivity index (χ4n) is 2.39. The molecule has 0 spiro atoms. The first-order valence-corrected chi connectivity index (χ1v) is 9.45. The molecule has 9 heteroatoms. The molecule has 0 aliphatic heterocycles. The van der Waals surface area contributed by atoms with Crippen molar-refractivity contribution in [2.45, 2.75) is 39.8 Å². The Bertz CT molecular complexity index is 772. The molecule has 1 aromatic heterocycles. The molecule has 0 atom stereocenters. The van der Waals surface area contributed by atoms with Crippen molar-refractivity contribution in [3.8, 4) is 5.69 Å². The highest BCUT2D eigenvalue weighted by atomic mass is 127. The van der Waals surface area contributed by atoms with E-state index in [1.807, 2.05) is 62.8 Å². The number of rotatable bonds is 7. The second-order valence-corrected chi connectivity index (χ2v) is 7.17. The van der Waals surface area contributed by atoms with Crippen LogP contribution in [0.1, 0.15) is 33.3 Å². The minimum atomic E-state index is -0.501. The van der Waals surface area contributed by atoms with E-state index in [0.29, 0.717) is 25.6 Å². The van der Waals surface area contributed by atoms with E-state index in [1.54, 1.807) is 6.20 Å². The van der Waals surface area contributed by atoms with Crippen LogP contribution in [-0.4, -0.2) is 47.1 Å². The third kappa shape index (κ3) is 9.64. The summed E-state index contributed by atoms with van der Waals surface area (Å²) >= 11 is 0. The van der Waals surface area contributed by atoms with Gasteiger partial charge in [0.15, 0.2) is 5.96 Å². The van der Waals surface area contributed by atoms with Gasteiger partial charge in [0.05, 0.1) is 12.2 Å². The Morgan fingerprint density at radius 2 is 1.93 bits per heavy atom. The van der Waals surface area contributed by atoms with E-state index in [0.717, 1.165) is 17.8 Å². The number of hydrogen-bond acceptors (Lipinski definition) is 4. The summed E-state index contributed by atoms with van der Waals surface area (Å²) < 4.78 is 7.03. The Morgan fingerprint density at radius 3 is 2.59 bits per heavy atom. The van der Waals surface area contributed by atoms with Crippen molar-refractivity contribution in [1.29, 1.82) is 0 Å². The normalized spacial score (nSPS) is 11.4. The van der Waals surface area contributed by atoms with Gasteiger partial charge >= 0.3 is 6.09 Å². The van der Waals surface area contributed by atoms with Crippen LogP contribution in [0.3, 0.4) is 0 Å². The SMILES string of the molecule is CCNC(=NCc1cccc(-n2cccn2)c1)NCCNC(=O)OC(C)(C)C.I. The van der Waals surface area contributed by atoms with Crippen molar-refractivity contribution in [2.75, 3.05) is 19.6 Å². The van der Waals surface area contributed by atoms with Gasteiger partial charge in [-0.15, -0.1) is 24.0 Å². The summed E-state index contributed by atoms with van der Waals surface area (Å²) in [6.45, 7) is 9.77. The van der Waals surface area contributed by atoms with Gasteiger partial charge in [-0.3, -0.25) is 0 Å². The van der Waals surface area contributed by atoms with Crippen molar-refractivity contribution >= 4 is 36.0 Å². The molecule has 8 nitrogen and oxygen atoms in total. The van der Waals surface area contributed by atoms with Crippen LogP contribution in [0.15, 0.2) is 47.7 Å². The number of nitrogens with zero attached hydrogens (tertiary/aromatic N) is 3. The third-order valence-corrected chi connectivity index (χ3v) is 3.53. The number of ether oxygens (including phenoxy) is 1. The highest BCUT2D eigenvalue weighted by Gasteiger charge is 2.15. The summed E-state index contributed by atoms with van der Waals surface area (Å²) in [5.74, 6) is 0.693. The van der Waals surface area contributed by atoms with E-state index in [9.17, 15) is 4.79 Å². The number of carbonyl (C=O) groups is 1. The van der Waals surface area contributed by atoms with E-state index in [1.165, 1.54) is 0 Å². The van der Waals surface area contributed by atoms with Crippen LogP contribution in [0, 0.1) is 0 Å². The summed E-state index contributed by atoms with van der Waals surface area (Å²) in [4.78, 5) is 16.3. The number of aliphatic imine (C=N–C) groups is 1. The Kier molecular flexibility index (Phi) is 10.5. The zero-order chi connectivity index (χ0) is 20.4. The second kappa shape index (κ2) is 12.3. The van der Waals surface area contributed by atoms with E-state index in [2.05, 4.69) is 32.1 Å². The number of guanidine groups is 1. The molecule has 160 valence electrons. The summed E-state index contributed by atoms with van der Waals surface area (Å²) in [6, 6.07) is 9.98. The third-order valence-electron chi connectivity index (χ3n) is 3.53. The van der Waals surface area contributed by atoms with Gasteiger partial charge in [0.1, 0.15) is 5.60 Å². The Balaban J connectivity index is 0.00000420. The number of hydrogen-bond donors (Lipinski definition) is 3. The molecule has 2 rings (SSSR count). The minimum absolute atomic E-state index is 0. The summed E-state index contributed by atoms with van der Waals surface area (Å²) in [7, 11) is 0. The summed E-state index contributed by atoms with van der Waals surface area (Å²) in [5, 5.41) is 13.4. The number of alkyl carbamates (subject to hydrolysis) is 1. The highest BCUT2D eigenvalue weighted by Crippen LogP contribution is 2.10. The van der Waals surface area contributed by atoms with Crippen molar-refractivity contribution in [1.82, 2.24) is 25.7 Å².